The highest BCUT2D eigenvalue weighted by Gasteiger charge is 2.51. The first-order valence-electron chi connectivity index (χ1n) is 12.3. The minimum Gasteiger partial charge on any atom is -0.485 e. The molecule has 0 aromatic heterocycles. The summed E-state index contributed by atoms with van der Waals surface area (Å²) in [5.74, 6) is -0.894. The van der Waals surface area contributed by atoms with Gasteiger partial charge in [-0.25, -0.2) is 17.6 Å². The van der Waals surface area contributed by atoms with Gasteiger partial charge in [-0.15, -0.1) is 0 Å². The van der Waals surface area contributed by atoms with Crippen molar-refractivity contribution in [2.75, 3.05) is 36.3 Å². The van der Waals surface area contributed by atoms with E-state index in [1.807, 2.05) is 0 Å². The number of carbonyl (C=O) groups excluding carboxylic acids is 1. The van der Waals surface area contributed by atoms with Crippen molar-refractivity contribution in [2.45, 2.75) is 49.6 Å². The average molecular weight is 659 g/mol. The van der Waals surface area contributed by atoms with E-state index in [2.05, 4.69) is 10.1 Å². The van der Waals surface area contributed by atoms with Gasteiger partial charge >= 0.3 is 12.3 Å². The lowest BCUT2D eigenvalue weighted by molar-refractivity contribution is -0.242. The van der Waals surface area contributed by atoms with Gasteiger partial charge in [-0.05, 0) is 57.2 Å². The fraction of sp³-hybridized carbons (Fsp3) is 0.458. The molecule has 2 aromatic rings. The Bertz CT molecular complexity index is 1610. The zero-order valence-corrected chi connectivity index (χ0v) is 25.0. The summed E-state index contributed by atoms with van der Waals surface area (Å²) >= 11 is 5.83. The number of nitrogens with zero attached hydrogens (tertiary/aromatic N) is 3. The fourth-order valence-corrected chi connectivity index (χ4v) is 7.57. The summed E-state index contributed by atoms with van der Waals surface area (Å²) in [6.07, 6.45) is -7.34. The van der Waals surface area contributed by atoms with Gasteiger partial charge < -0.3 is 9.47 Å². The van der Waals surface area contributed by atoms with E-state index in [-0.39, 0.29) is 30.2 Å². The van der Waals surface area contributed by atoms with Crippen molar-refractivity contribution in [3.63, 3.8) is 0 Å². The molecule has 1 saturated heterocycles. The second-order valence-electron chi connectivity index (χ2n) is 10.2. The number of likely N-dealkylation sites (N-methyl/N-ethyl adjacent to an activating group) is 1. The van der Waals surface area contributed by atoms with Crippen molar-refractivity contribution in [3.05, 3.63) is 47.2 Å². The Morgan fingerprint density at radius 3 is 2.40 bits per heavy atom. The maximum absolute atomic E-state index is 13.8. The van der Waals surface area contributed by atoms with Crippen LogP contribution < -0.4 is 14.4 Å². The highest BCUT2D eigenvalue weighted by molar-refractivity contribution is 7.92. The van der Waals surface area contributed by atoms with Gasteiger partial charge in [0.05, 0.1) is 28.2 Å². The van der Waals surface area contributed by atoms with Crippen LogP contribution in [-0.4, -0.2) is 82.1 Å². The van der Waals surface area contributed by atoms with Gasteiger partial charge in [0.15, 0.2) is 0 Å². The zero-order valence-electron chi connectivity index (χ0n) is 22.6. The number of amides is 1. The molecule has 0 saturated carbocycles. The molecule has 2 aromatic carbocycles. The first-order chi connectivity index (χ1) is 19.3. The van der Waals surface area contributed by atoms with E-state index in [0.717, 1.165) is 32.9 Å². The van der Waals surface area contributed by atoms with Crippen molar-refractivity contribution < 1.29 is 48.7 Å². The quantitative estimate of drug-likeness (QED) is 0.461. The Kier molecular flexibility index (Phi) is 8.40. The molecule has 0 spiro atoms. The van der Waals surface area contributed by atoms with Crippen molar-refractivity contribution in [1.82, 2.24) is 8.61 Å². The Morgan fingerprint density at radius 1 is 1.17 bits per heavy atom. The lowest BCUT2D eigenvalue weighted by atomic mass is 10.1. The molecule has 1 fully saturated rings. The number of ether oxygens (including phenoxy) is 2. The summed E-state index contributed by atoms with van der Waals surface area (Å²) in [6, 6.07) is 5.55. The number of benzene rings is 2. The van der Waals surface area contributed by atoms with Gasteiger partial charge in [0.1, 0.15) is 17.7 Å². The van der Waals surface area contributed by atoms with Crippen LogP contribution in [0.5, 0.6) is 5.75 Å². The minimum absolute atomic E-state index is 0.0330. The van der Waals surface area contributed by atoms with Crippen molar-refractivity contribution >= 4 is 49.3 Å². The molecule has 2 atom stereocenters. The summed E-state index contributed by atoms with van der Waals surface area (Å²) in [5, 5.41) is 1.67. The number of halogens is 5. The number of fused-ring (bicyclic) bond motifs is 1. The number of alkyl halides is 3. The molecule has 2 aliphatic heterocycles. The molecule has 0 radical (unpaired) electrons. The standard InChI is InChI=1S/C24H27ClF4N4O7S2/c1-14(32-10-9-31(4)42(32,37)38)21-13-33(41(35,36)16-6-7-18(26)17(25)12-16)19-11-15(5-8-20(19)39-21)30-22(34)40-23(2,3)24(27,28)29/h5-8,11-12,14,21H,9-10,13H2,1-4H3,(H,30,34). The van der Waals surface area contributed by atoms with Crippen LogP contribution in [0.4, 0.5) is 33.7 Å². The summed E-state index contributed by atoms with van der Waals surface area (Å²) in [4.78, 5) is 11.9. The largest absolute Gasteiger partial charge is 0.485 e. The molecule has 11 nitrogen and oxygen atoms in total. The molecule has 4 rings (SSSR count). The van der Waals surface area contributed by atoms with Crippen molar-refractivity contribution in [1.29, 1.82) is 0 Å². The monoisotopic (exact) mass is 658 g/mol. The van der Waals surface area contributed by atoms with Gasteiger partial charge in [-0.3, -0.25) is 9.62 Å². The van der Waals surface area contributed by atoms with Crippen molar-refractivity contribution in [2.24, 2.45) is 0 Å². The molecule has 232 valence electrons. The highest BCUT2D eigenvalue weighted by atomic mass is 35.5. The number of hydrogen-bond acceptors (Lipinski definition) is 7. The van der Waals surface area contributed by atoms with Gasteiger partial charge in [0.2, 0.25) is 5.60 Å². The van der Waals surface area contributed by atoms with Crippen LogP contribution >= 0.6 is 11.6 Å². The molecule has 1 amide bonds. The minimum atomic E-state index is -4.86. The number of hydrogen-bond donors (Lipinski definition) is 1. The van der Waals surface area contributed by atoms with Gasteiger partial charge in [-0.2, -0.15) is 30.2 Å². The summed E-state index contributed by atoms with van der Waals surface area (Å²) in [6.45, 7) is 2.80. The molecule has 1 N–H and O–H groups in total. The number of carbonyl (C=O) groups is 1. The number of anilines is 2. The molecular weight excluding hydrogens is 632 g/mol. The van der Waals surface area contributed by atoms with E-state index >= 15 is 0 Å². The third-order valence-corrected chi connectivity index (χ3v) is 11.1. The van der Waals surface area contributed by atoms with Crippen LogP contribution in [0.25, 0.3) is 0 Å². The Balaban J connectivity index is 1.72. The Morgan fingerprint density at radius 2 is 1.83 bits per heavy atom. The van der Waals surface area contributed by atoms with Crippen LogP contribution in [0.15, 0.2) is 41.3 Å². The zero-order chi connectivity index (χ0) is 31.4. The lowest BCUT2D eigenvalue weighted by Crippen LogP contribution is -2.54. The summed E-state index contributed by atoms with van der Waals surface area (Å²) in [5.41, 5.74) is -3.08. The maximum atomic E-state index is 13.8. The predicted octanol–water partition coefficient (Wildman–Crippen LogP) is 4.21. The number of sulfonamides is 1. The lowest BCUT2D eigenvalue weighted by Gasteiger charge is -2.39. The Hall–Kier alpha value is -2.86. The second kappa shape index (κ2) is 11.0. The molecule has 18 heteroatoms. The fourth-order valence-electron chi connectivity index (χ4n) is 4.28. The maximum Gasteiger partial charge on any atom is 0.427 e. The highest BCUT2D eigenvalue weighted by Crippen LogP contribution is 2.41. The smallest absolute Gasteiger partial charge is 0.427 e. The third kappa shape index (κ3) is 5.97. The van der Waals surface area contributed by atoms with E-state index in [1.165, 1.54) is 23.5 Å². The molecule has 42 heavy (non-hydrogen) atoms. The molecule has 0 aliphatic carbocycles. The van der Waals surface area contributed by atoms with Crippen LogP contribution in [0.1, 0.15) is 20.8 Å². The summed E-state index contributed by atoms with van der Waals surface area (Å²) < 4.78 is 120. The molecule has 0 bridgehead atoms. The molecule has 2 heterocycles. The molecule has 2 unspecified atom stereocenters. The number of nitrogens with one attached hydrogen (secondary N) is 1. The normalized spacial score (nSPS) is 20.5. The van der Waals surface area contributed by atoms with Gasteiger partial charge in [-0.1, -0.05) is 11.6 Å². The van der Waals surface area contributed by atoms with E-state index in [4.69, 9.17) is 16.3 Å². The predicted molar refractivity (Wildman–Crippen MR) is 145 cm³/mol. The average Bonchev–Trinajstić information content (AvgIpc) is 3.15. The van der Waals surface area contributed by atoms with Crippen LogP contribution in [0.3, 0.4) is 0 Å². The van der Waals surface area contributed by atoms with E-state index in [1.54, 1.807) is 6.92 Å². The molecular formula is C24H27ClF4N4O7S2. The third-order valence-electron chi connectivity index (χ3n) is 6.93. The number of rotatable bonds is 6. The van der Waals surface area contributed by atoms with E-state index in [0.29, 0.717) is 13.8 Å². The topological polar surface area (TPSA) is 126 Å². The van der Waals surface area contributed by atoms with Crippen molar-refractivity contribution in [3.8, 4) is 5.75 Å². The first kappa shape index (κ1) is 32.1. The SMILES string of the molecule is CC(C1CN(S(=O)(=O)c2ccc(F)c(Cl)c2)c2cc(NC(=O)OC(C)(C)C(F)(F)F)ccc2O1)N1CCN(C)S1(=O)=O. The second-order valence-corrected chi connectivity index (χ2v) is 14.4. The van der Waals surface area contributed by atoms with E-state index < -0.39 is 72.5 Å². The summed E-state index contributed by atoms with van der Waals surface area (Å²) in [7, 11) is -6.94. The van der Waals surface area contributed by atoms with Crippen LogP contribution in [0, 0.1) is 5.82 Å². The van der Waals surface area contributed by atoms with Gasteiger partial charge in [0, 0.05) is 25.8 Å². The molecule has 2 aliphatic rings. The van der Waals surface area contributed by atoms with Crippen LogP contribution in [0.2, 0.25) is 5.02 Å². The van der Waals surface area contributed by atoms with Crippen LogP contribution in [-0.2, 0) is 25.0 Å². The van der Waals surface area contributed by atoms with E-state index in [9.17, 15) is 39.2 Å². The first-order valence-corrected chi connectivity index (χ1v) is 15.6. The Labute approximate surface area is 245 Å². The van der Waals surface area contributed by atoms with Gasteiger partial charge in [0.25, 0.3) is 20.2 Å².